The number of carbonyl (C=O) groups is 2. The normalized spacial score (nSPS) is 26.6. The molecule has 2 aliphatic rings. The summed E-state index contributed by atoms with van der Waals surface area (Å²) in [6.07, 6.45) is 2.90. The smallest absolute Gasteiger partial charge is 0.262 e. The first-order valence-corrected chi connectivity index (χ1v) is 7.36. The van der Waals surface area contributed by atoms with Crippen molar-refractivity contribution >= 4 is 11.8 Å². The molecule has 5 nitrogen and oxygen atoms in total. The molecule has 0 bridgehead atoms. The van der Waals surface area contributed by atoms with Gasteiger partial charge in [0.2, 0.25) is 11.8 Å². The molecule has 0 radical (unpaired) electrons. The predicted molar refractivity (Wildman–Crippen MR) is 74.0 cm³/mol. The molecule has 1 unspecified atom stereocenters. The van der Waals surface area contributed by atoms with Crippen LogP contribution >= 0.6 is 0 Å². The third-order valence-corrected chi connectivity index (χ3v) is 4.45. The van der Waals surface area contributed by atoms with Crippen molar-refractivity contribution in [2.75, 3.05) is 27.2 Å². The van der Waals surface area contributed by atoms with Gasteiger partial charge in [-0.2, -0.15) is 0 Å². The maximum absolute atomic E-state index is 13.1. The summed E-state index contributed by atoms with van der Waals surface area (Å²) >= 11 is 0. The second kappa shape index (κ2) is 5.87. The van der Waals surface area contributed by atoms with E-state index in [1.165, 1.54) is 0 Å². The van der Waals surface area contributed by atoms with Crippen molar-refractivity contribution < 1.29 is 18.4 Å². The molecular weight excluding hydrogens is 280 g/mol. The van der Waals surface area contributed by atoms with Gasteiger partial charge in [-0.1, -0.05) is 12.8 Å². The third kappa shape index (κ3) is 3.51. The zero-order chi connectivity index (χ0) is 15.7. The van der Waals surface area contributed by atoms with Crippen LogP contribution in [0.4, 0.5) is 8.78 Å². The second-order valence-electron chi connectivity index (χ2n) is 6.40. The van der Waals surface area contributed by atoms with E-state index in [-0.39, 0.29) is 12.5 Å². The maximum Gasteiger partial charge on any atom is 0.262 e. The summed E-state index contributed by atoms with van der Waals surface area (Å²) in [6.45, 7) is -0.237. The highest BCUT2D eigenvalue weighted by molar-refractivity contribution is 5.85. The summed E-state index contributed by atoms with van der Waals surface area (Å²) in [5, 5.41) is 5.23. The van der Waals surface area contributed by atoms with E-state index in [1.807, 2.05) is 0 Å². The van der Waals surface area contributed by atoms with E-state index in [4.69, 9.17) is 0 Å². The summed E-state index contributed by atoms with van der Waals surface area (Å²) < 4.78 is 26.2. The molecule has 21 heavy (non-hydrogen) atoms. The Morgan fingerprint density at radius 3 is 2.38 bits per heavy atom. The number of carbonyl (C=O) groups excluding carboxylic acids is 2. The number of nitrogens with one attached hydrogen (secondary N) is 2. The van der Waals surface area contributed by atoms with Crippen LogP contribution in [0.25, 0.3) is 0 Å². The molecule has 2 fully saturated rings. The van der Waals surface area contributed by atoms with Gasteiger partial charge < -0.3 is 10.2 Å². The number of rotatable bonds is 4. The average Bonchev–Trinajstić information content (AvgIpc) is 3.02. The fourth-order valence-corrected chi connectivity index (χ4v) is 3.27. The van der Waals surface area contributed by atoms with Crippen LogP contribution in [0.5, 0.6) is 0 Å². The van der Waals surface area contributed by atoms with Crippen molar-refractivity contribution in [1.82, 2.24) is 15.5 Å². The summed E-state index contributed by atoms with van der Waals surface area (Å²) in [6, 6.07) is -0.868. The molecule has 1 aliphatic carbocycles. The molecule has 0 aromatic carbocycles. The van der Waals surface area contributed by atoms with Crippen molar-refractivity contribution in [3.63, 3.8) is 0 Å². The van der Waals surface area contributed by atoms with Crippen LogP contribution in [0.1, 0.15) is 32.1 Å². The molecule has 1 heterocycles. The van der Waals surface area contributed by atoms with Gasteiger partial charge in [-0.25, -0.2) is 8.78 Å². The molecule has 1 saturated heterocycles. The summed E-state index contributed by atoms with van der Waals surface area (Å²) in [7, 11) is 3.40. The molecule has 1 saturated carbocycles. The summed E-state index contributed by atoms with van der Waals surface area (Å²) in [5.41, 5.74) is -0.569. The number of amides is 2. The number of halogens is 2. The van der Waals surface area contributed by atoms with Gasteiger partial charge in [0, 0.05) is 27.1 Å². The first-order valence-electron chi connectivity index (χ1n) is 7.36. The predicted octanol–water partition coefficient (Wildman–Crippen LogP) is 0.748. The van der Waals surface area contributed by atoms with Crippen LogP contribution in [0.3, 0.4) is 0 Å². The Morgan fingerprint density at radius 2 is 1.90 bits per heavy atom. The Morgan fingerprint density at radius 1 is 1.29 bits per heavy atom. The Labute approximate surface area is 123 Å². The van der Waals surface area contributed by atoms with Crippen LogP contribution in [0.2, 0.25) is 0 Å². The van der Waals surface area contributed by atoms with E-state index in [0.29, 0.717) is 0 Å². The molecule has 120 valence electrons. The van der Waals surface area contributed by atoms with Crippen molar-refractivity contribution in [1.29, 1.82) is 0 Å². The number of alkyl halides is 2. The van der Waals surface area contributed by atoms with Crippen molar-refractivity contribution in [3.05, 3.63) is 0 Å². The van der Waals surface area contributed by atoms with Crippen LogP contribution in [0.15, 0.2) is 0 Å². The Kier molecular flexibility index (Phi) is 4.51. The highest BCUT2D eigenvalue weighted by Gasteiger charge is 2.45. The molecule has 2 amide bonds. The van der Waals surface area contributed by atoms with Gasteiger partial charge in [0.15, 0.2) is 0 Å². The fourth-order valence-electron chi connectivity index (χ4n) is 3.27. The average molecular weight is 303 g/mol. The highest BCUT2D eigenvalue weighted by atomic mass is 19.3. The Balaban J connectivity index is 1.94. The number of nitrogens with zero attached hydrogens (tertiary/aromatic N) is 1. The van der Waals surface area contributed by atoms with Gasteiger partial charge in [-0.15, -0.1) is 0 Å². The van der Waals surface area contributed by atoms with Crippen molar-refractivity contribution in [2.24, 2.45) is 5.41 Å². The third-order valence-electron chi connectivity index (χ3n) is 4.45. The van der Waals surface area contributed by atoms with E-state index >= 15 is 0 Å². The van der Waals surface area contributed by atoms with Gasteiger partial charge in [0.1, 0.15) is 0 Å². The lowest BCUT2D eigenvalue weighted by atomic mass is 9.84. The van der Waals surface area contributed by atoms with Gasteiger partial charge in [-0.05, 0) is 12.8 Å². The Hall–Kier alpha value is -1.24. The lowest BCUT2D eigenvalue weighted by Gasteiger charge is -2.31. The number of hydrogen-bond donors (Lipinski definition) is 2. The first-order chi connectivity index (χ1) is 9.76. The summed E-state index contributed by atoms with van der Waals surface area (Å²) in [4.78, 5) is 25.9. The van der Waals surface area contributed by atoms with Gasteiger partial charge in [0.05, 0.1) is 18.0 Å². The molecule has 0 spiro atoms. The second-order valence-corrected chi connectivity index (χ2v) is 6.40. The van der Waals surface area contributed by atoms with Crippen LogP contribution < -0.4 is 10.6 Å². The highest BCUT2D eigenvalue weighted by Crippen LogP contribution is 2.39. The van der Waals surface area contributed by atoms with E-state index in [2.05, 4.69) is 10.6 Å². The standard InChI is InChI=1S/C14H23F2N3O2/c1-19(2)12(21)13(5-3-4-6-13)8-18-11(20)10-7-14(15,16)9-17-10/h10,17H,3-9H2,1-2H3,(H,18,20). The molecule has 2 rings (SSSR count). The monoisotopic (exact) mass is 303 g/mol. The van der Waals surface area contributed by atoms with Gasteiger partial charge in [-0.3, -0.25) is 14.9 Å². The SMILES string of the molecule is CN(C)C(=O)C1(CNC(=O)C2CC(F)(F)CN2)CCCC1. The minimum Gasteiger partial charge on any atom is -0.354 e. The molecule has 1 atom stereocenters. The minimum atomic E-state index is -2.83. The summed E-state index contributed by atoms with van der Waals surface area (Å²) in [5.74, 6) is -3.26. The van der Waals surface area contributed by atoms with E-state index in [0.717, 1.165) is 25.7 Å². The van der Waals surface area contributed by atoms with E-state index < -0.39 is 36.3 Å². The fraction of sp³-hybridized carbons (Fsp3) is 0.857. The van der Waals surface area contributed by atoms with Crippen molar-refractivity contribution in [2.45, 2.75) is 44.1 Å². The molecule has 7 heteroatoms. The zero-order valence-electron chi connectivity index (χ0n) is 12.5. The van der Waals surface area contributed by atoms with Crippen molar-refractivity contribution in [3.8, 4) is 0 Å². The molecule has 0 aromatic rings. The lowest BCUT2D eigenvalue weighted by molar-refractivity contribution is -0.139. The van der Waals surface area contributed by atoms with Gasteiger partial charge >= 0.3 is 0 Å². The van der Waals surface area contributed by atoms with E-state index in [1.54, 1.807) is 19.0 Å². The maximum atomic E-state index is 13.1. The first kappa shape index (κ1) is 16.1. The molecule has 0 aromatic heterocycles. The van der Waals surface area contributed by atoms with Gasteiger partial charge in [0.25, 0.3) is 5.92 Å². The number of hydrogen-bond acceptors (Lipinski definition) is 3. The topological polar surface area (TPSA) is 61.4 Å². The lowest BCUT2D eigenvalue weighted by Crippen LogP contribution is -2.49. The molecule has 2 N–H and O–H groups in total. The quantitative estimate of drug-likeness (QED) is 0.805. The molecular formula is C14H23F2N3O2. The Bertz CT molecular complexity index is 420. The zero-order valence-corrected chi connectivity index (χ0v) is 12.5. The van der Waals surface area contributed by atoms with Crippen LogP contribution in [0, 0.1) is 5.41 Å². The molecule has 1 aliphatic heterocycles. The van der Waals surface area contributed by atoms with Crippen LogP contribution in [-0.4, -0.2) is 55.9 Å². The minimum absolute atomic E-state index is 0.00464. The van der Waals surface area contributed by atoms with E-state index in [9.17, 15) is 18.4 Å². The largest absolute Gasteiger partial charge is 0.354 e. The van der Waals surface area contributed by atoms with Crippen LogP contribution in [-0.2, 0) is 9.59 Å².